The van der Waals surface area contributed by atoms with Crippen LogP contribution in [0.5, 0.6) is 5.75 Å². The van der Waals surface area contributed by atoms with Gasteiger partial charge in [-0.15, -0.1) is 0 Å². The maximum Gasteiger partial charge on any atom is 0.313 e. The Morgan fingerprint density at radius 3 is 2.86 bits per heavy atom. The molecule has 1 aliphatic carbocycles. The van der Waals surface area contributed by atoms with E-state index in [1.165, 1.54) is 0 Å². The number of phenolic OH excluding ortho intramolecular Hbond substituents is 1. The lowest BCUT2D eigenvalue weighted by molar-refractivity contribution is -0.143. The maximum absolute atomic E-state index is 11.1. The van der Waals surface area contributed by atoms with Crippen molar-refractivity contribution in [2.24, 2.45) is 0 Å². The molecule has 0 aromatic heterocycles. The average molecular weight is 192 g/mol. The van der Waals surface area contributed by atoms with Crippen LogP contribution < -0.4 is 0 Å². The summed E-state index contributed by atoms with van der Waals surface area (Å²) in [5.74, 6) is -0.602. The van der Waals surface area contributed by atoms with Crippen LogP contribution in [0.15, 0.2) is 18.2 Å². The summed E-state index contributed by atoms with van der Waals surface area (Å²) < 4.78 is 0. The van der Waals surface area contributed by atoms with E-state index in [1.54, 1.807) is 25.1 Å². The molecular formula is C11H12O3. The molecule has 1 atom stereocenters. The molecule has 0 fully saturated rings. The van der Waals surface area contributed by atoms with Gasteiger partial charge >= 0.3 is 5.97 Å². The standard InChI is InChI=1S/C11H12O3/c1-11(10(13)14)6-5-7-8(11)3-2-4-9(7)12/h2-4,12H,5-6H2,1H3,(H,13,14). The topological polar surface area (TPSA) is 57.5 Å². The highest BCUT2D eigenvalue weighted by Gasteiger charge is 2.41. The molecule has 1 aromatic carbocycles. The molecule has 0 aliphatic heterocycles. The molecule has 2 rings (SSSR count). The van der Waals surface area contributed by atoms with Crippen LogP contribution in [0.3, 0.4) is 0 Å². The van der Waals surface area contributed by atoms with Crippen LogP contribution in [0.25, 0.3) is 0 Å². The number of benzene rings is 1. The highest BCUT2D eigenvalue weighted by molar-refractivity contribution is 5.83. The van der Waals surface area contributed by atoms with Crippen LogP contribution in [0.2, 0.25) is 0 Å². The fourth-order valence-electron chi connectivity index (χ4n) is 2.09. The molecule has 1 aliphatic rings. The molecule has 14 heavy (non-hydrogen) atoms. The minimum atomic E-state index is -0.825. The van der Waals surface area contributed by atoms with Crippen molar-refractivity contribution in [1.29, 1.82) is 0 Å². The molecule has 0 spiro atoms. The summed E-state index contributed by atoms with van der Waals surface area (Å²) in [7, 11) is 0. The normalized spacial score (nSPS) is 24.6. The third kappa shape index (κ3) is 1.02. The molecule has 0 bridgehead atoms. The van der Waals surface area contributed by atoms with E-state index in [2.05, 4.69) is 0 Å². The van der Waals surface area contributed by atoms with Gasteiger partial charge in [0.15, 0.2) is 0 Å². The van der Waals surface area contributed by atoms with Gasteiger partial charge < -0.3 is 10.2 Å². The van der Waals surface area contributed by atoms with E-state index in [0.717, 1.165) is 11.1 Å². The van der Waals surface area contributed by atoms with Crippen molar-refractivity contribution in [2.75, 3.05) is 0 Å². The van der Waals surface area contributed by atoms with Gasteiger partial charge in [0.25, 0.3) is 0 Å². The first-order chi connectivity index (χ1) is 6.55. The Kier molecular flexibility index (Phi) is 1.77. The number of carboxylic acids is 1. The van der Waals surface area contributed by atoms with Gasteiger partial charge in [0.1, 0.15) is 5.75 Å². The number of carboxylic acid groups (broad SMARTS) is 1. The molecule has 0 saturated heterocycles. The monoisotopic (exact) mass is 192 g/mol. The Labute approximate surface area is 82.0 Å². The van der Waals surface area contributed by atoms with Crippen molar-refractivity contribution in [2.45, 2.75) is 25.2 Å². The molecule has 0 amide bonds. The van der Waals surface area contributed by atoms with Gasteiger partial charge in [-0.05, 0) is 37.0 Å². The van der Waals surface area contributed by atoms with E-state index in [4.69, 9.17) is 5.11 Å². The average Bonchev–Trinajstić information content (AvgIpc) is 2.47. The van der Waals surface area contributed by atoms with Crippen molar-refractivity contribution in [3.05, 3.63) is 29.3 Å². The van der Waals surface area contributed by atoms with Crippen LogP contribution >= 0.6 is 0 Å². The van der Waals surface area contributed by atoms with Gasteiger partial charge in [0.2, 0.25) is 0 Å². The number of hydrogen-bond acceptors (Lipinski definition) is 2. The molecule has 3 nitrogen and oxygen atoms in total. The van der Waals surface area contributed by atoms with E-state index in [0.29, 0.717) is 12.8 Å². The van der Waals surface area contributed by atoms with Crippen molar-refractivity contribution in [3.8, 4) is 5.75 Å². The second kappa shape index (κ2) is 2.74. The lowest BCUT2D eigenvalue weighted by Gasteiger charge is -2.19. The zero-order valence-electron chi connectivity index (χ0n) is 7.95. The van der Waals surface area contributed by atoms with Crippen LogP contribution in [-0.2, 0) is 16.6 Å². The van der Waals surface area contributed by atoms with Crippen LogP contribution in [-0.4, -0.2) is 16.2 Å². The summed E-state index contributed by atoms with van der Waals surface area (Å²) in [6.07, 6.45) is 1.21. The van der Waals surface area contributed by atoms with E-state index in [-0.39, 0.29) is 5.75 Å². The van der Waals surface area contributed by atoms with Crippen molar-refractivity contribution < 1.29 is 15.0 Å². The minimum Gasteiger partial charge on any atom is -0.508 e. The second-order valence-electron chi connectivity index (χ2n) is 3.94. The third-order valence-corrected chi connectivity index (χ3v) is 3.09. The first-order valence-corrected chi connectivity index (χ1v) is 4.60. The highest BCUT2D eigenvalue weighted by Crippen LogP contribution is 2.42. The highest BCUT2D eigenvalue weighted by atomic mass is 16.4. The van der Waals surface area contributed by atoms with Crippen molar-refractivity contribution >= 4 is 5.97 Å². The zero-order valence-corrected chi connectivity index (χ0v) is 7.95. The molecule has 74 valence electrons. The van der Waals surface area contributed by atoms with Crippen molar-refractivity contribution in [1.82, 2.24) is 0 Å². The number of hydrogen-bond donors (Lipinski definition) is 2. The number of fused-ring (bicyclic) bond motifs is 1. The van der Waals surface area contributed by atoms with Crippen molar-refractivity contribution in [3.63, 3.8) is 0 Å². The summed E-state index contributed by atoms with van der Waals surface area (Å²) in [6, 6.07) is 5.09. The van der Waals surface area contributed by atoms with E-state index in [9.17, 15) is 9.90 Å². The van der Waals surface area contributed by atoms with Crippen LogP contribution in [0.4, 0.5) is 0 Å². The largest absolute Gasteiger partial charge is 0.508 e. The van der Waals surface area contributed by atoms with Gasteiger partial charge in [0, 0.05) is 0 Å². The summed E-state index contributed by atoms with van der Waals surface area (Å²) in [6.45, 7) is 1.71. The number of phenols is 1. The molecule has 1 aromatic rings. The number of carbonyl (C=O) groups is 1. The minimum absolute atomic E-state index is 0.215. The second-order valence-corrected chi connectivity index (χ2v) is 3.94. The zero-order chi connectivity index (χ0) is 10.3. The molecule has 1 unspecified atom stereocenters. The summed E-state index contributed by atoms with van der Waals surface area (Å²) >= 11 is 0. The van der Waals surface area contributed by atoms with E-state index >= 15 is 0 Å². The van der Waals surface area contributed by atoms with Crippen LogP contribution in [0.1, 0.15) is 24.5 Å². The Morgan fingerprint density at radius 2 is 2.21 bits per heavy atom. The Hall–Kier alpha value is -1.51. The summed E-state index contributed by atoms with van der Waals surface area (Å²) in [5.41, 5.74) is 0.719. The molecule has 3 heteroatoms. The molecule has 0 radical (unpaired) electrons. The molecule has 2 N–H and O–H groups in total. The fourth-order valence-corrected chi connectivity index (χ4v) is 2.09. The Bertz CT molecular complexity index is 398. The van der Waals surface area contributed by atoms with Gasteiger partial charge in [0.05, 0.1) is 5.41 Å². The first-order valence-electron chi connectivity index (χ1n) is 4.60. The number of aromatic hydroxyl groups is 1. The summed E-state index contributed by atoms with van der Waals surface area (Å²) in [5, 5.41) is 18.7. The lowest BCUT2D eigenvalue weighted by Crippen LogP contribution is -2.29. The lowest BCUT2D eigenvalue weighted by atomic mass is 9.84. The quantitative estimate of drug-likeness (QED) is 0.711. The predicted octanol–water partition coefficient (Wildman–Crippen LogP) is 1.68. The molecular weight excluding hydrogens is 180 g/mol. The van der Waals surface area contributed by atoms with Crippen LogP contribution in [0, 0.1) is 0 Å². The Balaban J connectivity index is 2.60. The predicted molar refractivity (Wildman–Crippen MR) is 51.4 cm³/mol. The van der Waals surface area contributed by atoms with Gasteiger partial charge in [-0.3, -0.25) is 4.79 Å². The fraction of sp³-hybridized carbons (Fsp3) is 0.364. The number of aliphatic carboxylic acids is 1. The van der Waals surface area contributed by atoms with Gasteiger partial charge in [-0.1, -0.05) is 12.1 Å². The van der Waals surface area contributed by atoms with Gasteiger partial charge in [-0.25, -0.2) is 0 Å². The Morgan fingerprint density at radius 1 is 1.50 bits per heavy atom. The number of rotatable bonds is 1. The van der Waals surface area contributed by atoms with E-state index < -0.39 is 11.4 Å². The smallest absolute Gasteiger partial charge is 0.313 e. The first kappa shape index (κ1) is 9.06. The van der Waals surface area contributed by atoms with E-state index in [1.807, 2.05) is 0 Å². The summed E-state index contributed by atoms with van der Waals surface area (Å²) in [4.78, 5) is 11.1. The maximum atomic E-state index is 11.1. The SMILES string of the molecule is CC1(C(=O)O)CCc2c(O)cccc21. The van der Waals surface area contributed by atoms with Gasteiger partial charge in [-0.2, -0.15) is 0 Å². The third-order valence-electron chi connectivity index (χ3n) is 3.09. The molecule has 0 saturated carbocycles. The molecule has 0 heterocycles.